The number of thioether (sulfide) groups is 1. The Morgan fingerprint density at radius 3 is 2.65 bits per heavy atom. The molecule has 1 saturated heterocycles. The van der Waals surface area contributed by atoms with E-state index in [1.54, 1.807) is 35.6 Å². The lowest BCUT2D eigenvalue weighted by Crippen LogP contribution is -2.31. The van der Waals surface area contributed by atoms with Crippen LogP contribution < -0.4 is 10.6 Å². The number of imide groups is 1. The third kappa shape index (κ3) is 4.14. The second kappa shape index (κ2) is 8.03. The van der Waals surface area contributed by atoms with E-state index in [1.165, 1.54) is 0 Å². The normalized spacial score (nSPS) is 18.7. The molecule has 0 spiro atoms. The third-order valence-corrected chi connectivity index (χ3v) is 5.84. The number of benzene rings is 1. The van der Waals surface area contributed by atoms with Crippen LogP contribution in [-0.4, -0.2) is 27.9 Å². The summed E-state index contributed by atoms with van der Waals surface area (Å²) in [7, 11) is 0. The highest BCUT2D eigenvalue weighted by Crippen LogP contribution is 2.30. The first kappa shape index (κ1) is 18.6. The van der Waals surface area contributed by atoms with Crippen LogP contribution in [-0.2, 0) is 9.59 Å². The van der Waals surface area contributed by atoms with Crippen molar-refractivity contribution in [2.75, 3.05) is 4.90 Å². The average Bonchev–Trinajstić information content (AvgIpc) is 3.23. The van der Waals surface area contributed by atoms with Crippen molar-refractivity contribution < 1.29 is 9.59 Å². The molecule has 1 aromatic carbocycles. The maximum Gasteiger partial charge on any atom is 0.247 e. The first-order chi connectivity index (χ1) is 12.5. The molecule has 1 fully saturated rings. The molecule has 0 bridgehead atoms. The average molecular weight is 407 g/mol. The van der Waals surface area contributed by atoms with E-state index in [4.69, 9.17) is 17.3 Å². The predicted octanol–water partition coefficient (Wildman–Crippen LogP) is 3.51. The smallest absolute Gasteiger partial charge is 0.247 e. The van der Waals surface area contributed by atoms with Crippen LogP contribution in [0.15, 0.2) is 52.0 Å². The fourth-order valence-electron chi connectivity index (χ4n) is 2.38. The zero-order chi connectivity index (χ0) is 18.7. The molecule has 2 aromatic rings. The molecule has 2 N–H and O–H groups in total. The summed E-state index contributed by atoms with van der Waals surface area (Å²) in [5.74, 6) is -0.597. The summed E-state index contributed by atoms with van der Waals surface area (Å²) in [6.07, 6.45) is 0.0654. The number of nitrogens with zero attached hydrogens (tertiary/aromatic N) is 3. The van der Waals surface area contributed by atoms with Gasteiger partial charge in [-0.25, -0.2) is 4.90 Å². The number of amidine groups is 1. The molecule has 1 aliphatic heterocycles. The lowest BCUT2D eigenvalue weighted by molar-refractivity contribution is -0.121. The molecular weight excluding hydrogens is 392 g/mol. The fraction of sp³-hybridized carbons (Fsp3) is 0.176. The van der Waals surface area contributed by atoms with Gasteiger partial charge in [-0.1, -0.05) is 29.4 Å². The fourth-order valence-corrected chi connectivity index (χ4v) is 3.99. The van der Waals surface area contributed by atoms with Crippen LogP contribution in [0.25, 0.3) is 0 Å². The Bertz CT molecular complexity index is 879. The zero-order valence-electron chi connectivity index (χ0n) is 13.8. The molecule has 0 unspecified atom stereocenters. The molecule has 6 nitrogen and oxygen atoms in total. The third-order valence-electron chi connectivity index (χ3n) is 3.63. The largest absolute Gasteiger partial charge is 0.377 e. The molecule has 0 aliphatic carbocycles. The van der Waals surface area contributed by atoms with E-state index in [0.29, 0.717) is 10.7 Å². The molecule has 0 radical (unpaired) electrons. The van der Waals surface area contributed by atoms with Crippen molar-refractivity contribution in [1.82, 2.24) is 0 Å². The summed E-state index contributed by atoms with van der Waals surface area (Å²) >= 11 is 8.45. The number of hydrogen-bond acceptors (Lipinski definition) is 6. The SMILES string of the molecule is C/C(=N/N=C(/N)S[C@@H]1CC(=O)N(c2ccc(Cl)cc2)C1=O)c1cccs1. The van der Waals surface area contributed by atoms with Crippen LogP contribution in [0.3, 0.4) is 0 Å². The van der Waals surface area contributed by atoms with Crippen molar-refractivity contribution in [2.24, 2.45) is 15.9 Å². The van der Waals surface area contributed by atoms with Gasteiger partial charge in [0.15, 0.2) is 5.17 Å². The molecule has 2 amide bonds. The first-order valence-corrected chi connectivity index (χ1v) is 9.80. The van der Waals surface area contributed by atoms with E-state index in [2.05, 4.69) is 10.2 Å². The topological polar surface area (TPSA) is 88.1 Å². The van der Waals surface area contributed by atoms with Crippen molar-refractivity contribution in [3.05, 3.63) is 51.7 Å². The number of rotatable bonds is 4. The van der Waals surface area contributed by atoms with Gasteiger partial charge in [-0.3, -0.25) is 9.59 Å². The van der Waals surface area contributed by atoms with Gasteiger partial charge in [0.25, 0.3) is 0 Å². The Morgan fingerprint density at radius 2 is 2.00 bits per heavy atom. The maximum atomic E-state index is 12.6. The molecule has 0 saturated carbocycles. The minimum Gasteiger partial charge on any atom is -0.377 e. The Balaban J connectivity index is 1.69. The highest BCUT2D eigenvalue weighted by atomic mass is 35.5. The molecule has 1 aromatic heterocycles. The van der Waals surface area contributed by atoms with E-state index in [0.717, 1.165) is 27.3 Å². The molecule has 134 valence electrons. The summed E-state index contributed by atoms with van der Waals surface area (Å²) in [5, 5.41) is 10.1. The molecule has 1 aliphatic rings. The number of amides is 2. The minimum atomic E-state index is -0.612. The van der Waals surface area contributed by atoms with Gasteiger partial charge in [-0.05, 0) is 42.6 Å². The van der Waals surface area contributed by atoms with Crippen LogP contribution in [0.5, 0.6) is 0 Å². The van der Waals surface area contributed by atoms with Crippen molar-refractivity contribution in [1.29, 1.82) is 0 Å². The van der Waals surface area contributed by atoms with Crippen molar-refractivity contribution in [3.63, 3.8) is 0 Å². The standard InChI is InChI=1S/C17H15ClN4O2S2/c1-10(13-3-2-8-25-13)20-21-17(19)26-14-9-15(23)22(16(14)24)12-6-4-11(18)5-7-12/h2-8,14H,9H2,1H3,(H2,19,21)/b20-10-/t14-/m1/s1. The lowest BCUT2D eigenvalue weighted by Gasteiger charge is -2.14. The van der Waals surface area contributed by atoms with E-state index in [9.17, 15) is 9.59 Å². The summed E-state index contributed by atoms with van der Waals surface area (Å²) < 4.78 is 0. The Kier molecular flexibility index (Phi) is 5.75. The van der Waals surface area contributed by atoms with Crippen LogP contribution in [0.4, 0.5) is 5.69 Å². The number of carbonyl (C=O) groups excluding carboxylic acids is 2. The van der Waals surface area contributed by atoms with Gasteiger partial charge in [0.05, 0.1) is 16.3 Å². The van der Waals surface area contributed by atoms with Gasteiger partial charge in [-0.2, -0.15) is 5.10 Å². The molecular formula is C17H15ClN4O2S2. The van der Waals surface area contributed by atoms with Gasteiger partial charge >= 0.3 is 0 Å². The van der Waals surface area contributed by atoms with Gasteiger partial charge in [0.2, 0.25) is 11.8 Å². The predicted molar refractivity (Wildman–Crippen MR) is 108 cm³/mol. The monoisotopic (exact) mass is 406 g/mol. The highest BCUT2D eigenvalue weighted by molar-refractivity contribution is 8.14. The van der Waals surface area contributed by atoms with Crippen LogP contribution in [0.1, 0.15) is 18.2 Å². The number of hydrogen-bond donors (Lipinski definition) is 1. The number of nitrogens with two attached hydrogens (primary N) is 1. The van der Waals surface area contributed by atoms with Crippen molar-refractivity contribution >= 4 is 63.1 Å². The summed E-state index contributed by atoms with van der Waals surface area (Å²) in [6.45, 7) is 1.83. The first-order valence-electron chi connectivity index (χ1n) is 7.66. The van der Waals surface area contributed by atoms with Gasteiger partial charge < -0.3 is 5.73 Å². The number of carbonyl (C=O) groups is 2. The van der Waals surface area contributed by atoms with E-state index in [1.807, 2.05) is 24.4 Å². The second-order valence-electron chi connectivity index (χ2n) is 5.46. The molecule has 1 atom stereocenters. The maximum absolute atomic E-state index is 12.6. The van der Waals surface area contributed by atoms with Crippen LogP contribution in [0, 0.1) is 0 Å². The number of halogens is 1. The Morgan fingerprint density at radius 1 is 1.27 bits per heavy atom. The lowest BCUT2D eigenvalue weighted by atomic mass is 10.3. The summed E-state index contributed by atoms with van der Waals surface area (Å²) in [5.41, 5.74) is 7.11. The Hall–Kier alpha value is -2.16. The van der Waals surface area contributed by atoms with Crippen LogP contribution >= 0.6 is 34.7 Å². The van der Waals surface area contributed by atoms with Gasteiger partial charge in [0.1, 0.15) is 5.25 Å². The highest BCUT2D eigenvalue weighted by Gasteiger charge is 2.40. The quantitative estimate of drug-likeness (QED) is 0.364. The van der Waals surface area contributed by atoms with Gasteiger partial charge in [-0.15, -0.1) is 16.4 Å². The summed E-state index contributed by atoms with van der Waals surface area (Å²) in [6, 6.07) is 10.4. The minimum absolute atomic E-state index is 0.0654. The van der Waals surface area contributed by atoms with E-state index < -0.39 is 5.25 Å². The second-order valence-corrected chi connectivity index (χ2v) is 8.06. The van der Waals surface area contributed by atoms with Crippen molar-refractivity contribution in [2.45, 2.75) is 18.6 Å². The van der Waals surface area contributed by atoms with E-state index in [-0.39, 0.29) is 23.4 Å². The molecule has 9 heteroatoms. The van der Waals surface area contributed by atoms with Crippen molar-refractivity contribution in [3.8, 4) is 0 Å². The van der Waals surface area contributed by atoms with Crippen LogP contribution in [0.2, 0.25) is 5.02 Å². The van der Waals surface area contributed by atoms with E-state index >= 15 is 0 Å². The molecule has 26 heavy (non-hydrogen) atoms. The Labute approximate surface area is 163 Å². The number of thiophene rings is 1. The van der Waals surface area contributed by atoms with Gasteiger partial charge in [0, 0.05) is 11.4 Å². The molecule has 3 rings (SSSR count). The number of anilines is 1. The summed E-state index contributed by atoms with van der Waals surface area (Å²) in [4.78, 5) is 27.0. The molecule has 2 heterocycles. The zero-order valence-corrected chi connectivity index (χ0v) is 16.1.